The molecule has 0 radical (unpaired) electrons. The molecule has 0 spiro atoms. The fraction of sp³-hybridized carbons (Fsp3) is 0. The summed E-state index contributed by atoms with van der Waals surface area (Å²) in [6, 6.07) is 9.73. The second-order valence-corrected chi connectivity index (χ2v) is 2.97. The summed E-state index contributed by atoms with van der Waals surface area (Å²) in [5.41, 5.74) is 1.04. The van der Waals surface area contributed by atoms with E-state index in [4.69, 9.17) is 0 Å². The van der Waals surface area contributed by atoms with Gasteiger partial charge in [-0.3, -0.25) is 4.57 Å². The van der Waals surface area contributed by atoms with Gasteiger partial charge in [-0.05, 0) is 11.6 Å². The summed E-state index contributed by atoms with van der Waals surface area (Å²) in [5, 5.41) is 0.696. The van der Waals surface area contributed by atoms with Crippen LogP contribution in [0.1, 0.15) is 5.56 Å². The quantitative estimate of drug-likeness (QED) is 0.508. The molecule has 0 aromatic heterocycles. The molecule has 12 heavy (non-hydrogen) atoms. The van der Waals surface area contributed by atoms with E-state index in [0.29, 0.717) is 5.31 Å². The largest absolute Gasteiger partial charge is 0.269 e. The fourth-order valence-corrected chi connectivity index (χ4v) is 1.12. The molecule has 0 saturated carbocycles. The van der Waals surface area contributed by atoms with Crippen LogP contribution in [0.4, 0.5) is 0 Å². The van der Waals surface area contributed by atoms with E-state index in [2.05, 4.69) is 6.58 Å². The summed E-state index contributed by atoms with van der Waals surface area (Å²) in [6.45, 7) is 3.55. The van der Waals surface area contributed by atoms with Gasteiger partial charge in [0.05, 0.1) is 0 Å². The Morgan fingerprint density at radius 2 is 2.00 bits per heavy atom. The van der Waals surface area contributed by atoms with Crippen molar-refractivity contribution < 1.29 is 4.57 Å². The van der Waals surface area contributed by atoms with Gasteiger partial charge in [0, 0.05) is 5.31 Å². The first-order chi connectivity index (χ1) is 5.86. The van der Waals surface area contributed by atoms with Gasteiger partial charge in [0.25, 0.3) is 0 Å². The van der Waals surface area contributed by atoms with Crippen molar-refractivity contribution in [2.75, 3.05) is 0 Å². The third kappa shape index (κ3) is 2.44. The van der Waals surface area contributed by atoms with Crippen LogP contribution in [-0.2, 0) is 4.57 Å². The van der Waals surface area contributed by atoms with E-state index in [9.17, 15) is 4.57 Å². The minimum Gasteiger partial charge on any atom is -0.269 e. The molecule has 0 saturated heterocycles. The lowest BCUT2D eigenvalue weighted by atomic mass is 10.2. The number of rotatable bonds is 3. The molecule has 1 nitrogen and oxygen atoms in total. The normalized spacial score (nSPS) is 11.5. The number of hydrogen-bond acceptors (Lipinski definition) is 1. The Hall–Kier alpha value is -1.20. The Balaban J connectivity index is 2.93. The van der Waals surface area contributed by atoms with Crippen LogP contribution in [0.5, 0.6) is 0 Å². The first kappa shape index (κ1) is 8.89. The molecule has 1 rings (SSSR count). The molecule has 60 valence electrons. The van der Waals surface area contributed by atoms with Crippen molar-refractivity contribution >= 4 is 14.5 Å². The lowest BCUT2D eigenvalue weighted by molar-refractivity contribution is 0.602. The van der Waals surface area contributed by atoms with Crippen molar-refractivity contribution in [3.8, 4) is 0 Å². The Morgan fingerprint density at radius 1 is 1.33 bits per heavy atom. The molecule has 0 fully saturated rings. The highest BCUT2D eigenvalue weighted by atomic mass is 31.1. The van der Waals surface area contributed by atoms with Gasteiger partial charge in [-0.1, -0.05) is 43.0 Å². The van der Waals surface area contributed by atoms with Crippen molar-refractivity contribution in [1.82, 2.24) is 0 Å². The SMILES string of the molecule is C=CC(=Cc1ccccc1)P=O. The average molecular weight is 176 g/mol. The molecule has 0 bridgehead atoms. The van der Waals surface area contributed by atoms with Gasteiger partial charge in [0.1, 0.15) is 0 Å². The van der Waals surface area contributed by atoms with E-state index in [1.165, 1.54) is 0 Å². The molecule has 0 atom stereocenters. The van der Waals surface area contributed by atoms with Crippen LogP contribution in [-0.4, -0.2) is 0 Å². The van der Waals surface area contributed by atoms with Crippen molar-refractivity contribution in [2.24, 2.45) is 0 Å². The molecule has 0 unspecified atom stereocenters. The Bertz CT molecular complexity index is 291. The van der Waals surface area contributed by atoms with Crippen molar-refractivity contribution in [2.45, 2.75) is 0 Å². The van der Waals surface area contributed by atoms with Crippen LogP contribution >= 0.6 is 8.46 Å². The van der Waals surface area contributed by atoms with Gasteiger partial charge in [-0.15, -0.1) is 0 Å². The van der Waals surface area contributed by atoms with Gasteiger partial charge in [0.15, 0.2) is 8.46 Å². The lowest BCUT2D eigenvalue weighted by Gasteiger charge is -1.91. The number of allylic oxidation sites excluding steroid dienone is 2. The van der Waals surface area contributed by atoms with E-state index in [0.717, 1.165) is 5.56 Å². The van der Waals surface area contributed by atoms with E-state index < -0.39 is 0 Å². The summed E-state index contributed by atoms with van der Waals surface area (Å²) in [4.78, 5) is 0. The van der Waals surface area contributed by atoms with Crippen LogP contribution in [0, 0.1) is 0 Å². The monoisotopic (exact) mass is 176 g/mol. The van der Waals surface area contributed by atoms with Crippen LogP contribution in [0.25, 0.3) is 6.08 Å². The molecule has 0 aliphatic heterocycles. The van der Waals surface area contributed by atoms with Gasteiger partial charge >= 0.3 is 0 Å². The van der Waals surface area contributed by atoms with Gasteiger partial charge in [0.2, 0.25) is 0 Å². The fourth-order valence-electron chi connectivity index (χ4n) is 0.843. The standard InChI is InChI=1S/C10H9OP/c1-2-10(12-11)8-9-6-4-3-5-7-9/h2-8H,1H2. The zero-order valence-electron chi connectivity index (χ0n) is 6.60. The second kappa shape index (κ2) is 4.63. The van der Waals surface area contributed by atoms with E-state index in [1.807, 2.05) is 36.4 Å². The smallest absolute Gasteiger partial charge is 0.192 e. The maximum absolute atomic E-state index is 10.5. The molecule has 1 aromatic carbocycles. The molecule has 0 aliphatic rings. The maximum Gasteiger partial charge on any atom is 0.192 e. The molecule has 0 amide bonds. The molecule has 0 heterocycles. The highest BCUT2D eigenvalue weighted by Gasteiger charge is 1.89. The maximum atomic E-state index is 10.5. The Labute approximate surface area is 73.6 Å². The molecular weight excluding hydrogens is 167 g/mol. The molecule has 2 heteroatoms. The molecule has 0 aliphatic carbocycles. The van der Waals surface area contributed by atoms with E-state index in [-0.39, 0.29) is 8.46 Å². The number of hydrogen-bond donors (Lipinski definition) is 0. The van der Waals surface area contributed by atoms with Gasteiger partial charge in [-0.25, -0.2) is 0 Å². The van der Waals surface area contributed by atoms with Crippen molar-refractivity contribution in [3.05, 3.63) is 53.9 Å². The third-order valence-electron chi connectivity index (χ3n) is 1.43. The molecular formula is C10H9OP. The Morgan fingerprint density at radius 3 is 2.50 bits per heavy atom. The lowest BCUT2D eigenvalue weighted by Crippen LogP contribution is -1.69. The summed E-state index contributed by atoms with van der Waals surface area (Å²) in [7, 11) is 0.0126. The predicted octanol–water partition coefficient (Wildman–Crippen LogP) is 3.51. The summed E-state index contributed by atoms with van der Waals surface area (Å²) < 4.78 is 10.5. The summed E-state index contributed by atoms with van der Waals surface area (Å²) >= 11 is 0. The zero-order valence-corrected chi connectivity index (χ0v) is 7.50. The highest BCUT2D eigenvalue weighted by molar-refractivity contribution is 7.30. The minimum atomic E-state index is 0.0126. The average Bonchev–Trinajstić information content (AvgIpc) is 2.16. The zero-order chi connectivity index (χ0) is 8.81. The molecule has 0 N–H and O–H groups in total. The first-order valence-electron chi connectivity index (χ1n) is 3.59. The Kier molecular flexibility index (Phi) is 3.43. The summed E-state index contributed by atoms with van der Waals surface area (Å²) in [5.74, 6) is 0. The number of benzene rings is 1. The minimum absolute atomic E-state index is 0.0126. The van der Waals surface area contributed by atoms with Crippen LogP contribution in [0.2, 0.25) is 0 Å². The first-order valence-corrected chi connectivity index (χ1v) is 4.40. The summed E-state index contributed by atoms with van der Waals surface area (Å²) in [6.07, 6.45) is 3.42. The van der Waals surface area contributed by atoms with E-state index >= 15 is 0 Å². The van der Waals surface area contributed by atoms with Crippen molar-refractivity contribution in [1.29, 1.82) is 0 Å². The van der Waals surface area contributed by atoms with Crippen LogP contribution < -0.4 is 0 Å². The highest BCUT2D eigenvalue weighted by Crippen LogP contribution is 2.16. The topological polar surface area (TPSA) is 17.1 Å². The van der Waals surface area contributed by atoms with Crippen LogP contribution in [0.15, 0.2) is 48.3 Å². The third-order valence-corrected chi connectivity index (χ3v) is 1.95. The van der Waals surface area contributed by atoms with Gasteiger partial charge < -0.3 is 0 Å². The van der Waals surface area contributed by atoms with Gasteiger partial charge in [-0.2, -0.15) is 0 Å². The molecule has 1 aromatic rings. The second-order valence-electron chi connectivity index (χ2n) is 2.28. The van der Waals surface area contributed by atoms with Crippen LogP contribution in [0.3, 0.4) is 0 Å². The van der Waals surface area contributed by atoms with E-state index in [1.54, 1.807) is 6.08 Å². The van der Waals surface area contributed by atoms with Crippen molar-refractivity contribution in [3.63, 3.8) is 0 Å². The predicted molar refractivity (Wildman–Crippen MR) is 52.2 cm³/mol.